The second kappa shape index (κ2) is 5.82. The fourth-order valence-corrected chi connectivity index (χ4v) is 0.800. The molecule has 14 heavy (non-hydrogen) atoms. The number of rotatable bonds is 4. The molecule has 0 radical (unpaired) electrons. The van der Waals surface area contributed by atoms with Crippen molar-refractivity contribution < 1.29 is 14.4 Å². The van der Waals surface area contributed by atoms with Gasteiger partial charge in [-0.15, -0.1) is 0 Å². The molecule has 0 saturated carbocycles. The third kappa shape index (κ3) is 6.68. The summed E-state index contributed by atoms with van der Waals surface area (Å²) in [6, 6.07) is 0. The van der Waals surface area contributed by atoms with Crippen LogP contribution >= 0.6 is 0 Å². The Bertz CT molecular complexity index is 173. The van der Waals surface area contributed by atoms with Gasteiger partial charge in [-0.3, -0.25) is 4.84 Å². The Morgan fingerprint density at radius 3 is 2.43 bits per heavy atom. The topological polar surface area (TPSA) is 73.6 Å². The molecule has 0 aromatic heterocycles. The number of carbonyl (C=O) groups excluding carboxylic acids is 1. The van der Waals surface area contributed by atoms with Gasteiger partial charge in [0, 0.05) is 6.54 Å². The molecule has 1 atom stereocenters. The molecule has 1 amide bonds. The molecule has 0 aliphatic carbocycles. The standard InChI is InChI=1S/C9H20N2O3/c1-5-7(14-10)6-11-8(12)13-9(2,3)4/h7H,5-6,10H2,1-4H3,(H,11,12). The van der Waals surface area contributed by atoms with E-state index < -0.39 is 11.7 Å². The van der Waals surface area contributed by atoms with Crippen molar-refractivity contribution in [1.82, 2.24) is 5.32 Å². The summed E-state index contributed by atoms with van der Waals surface area (Å²) < 4.78 is 5.03. The maximum atomic E-state index is 11.2. The van der Waals surface area contributed by atoms with Gasteiger partial charge in [0.05, 0.1) is 6.10 Å². The highest BCUT2D eigenvalue weighted by atomic mass is 16.6. The van der Waals surface area contributed by atoms with E-state index in [1.165, 1.54) is 0 Å². The van der Waals surface area contributed by atoms with Crippen molar-refractivity contribution in [2.75, 3.05) is 6.54 Å². The molecule has 0 saturated heterocycles. The zero-order chi connectivity index (χ0) is 11.2. The SMILES string of the molecule is CCC(CNC(=O)OC(C)(C)C)ON. The van der Waals surface area contributed by atoms with Crippen LogP contribution in [0.15, 0.2) is 0 Å². The van der Waals surface area contributed by atoms with Gasteiger partial charge in [-0.05, 0) is 27.2 Å². The smallest absolute Gasteiger partial charge is 0.407 e. The highest BCUT2D eigenvalue weighted by molar-refractivity contribution is 5.67. The highest BCUT2D eigenvalue weighted by Gasteiger charge is 2.16. The van der Waals surface area contributed by atoms with E-state index in [2.05, 4.69) is 10.2 Å². The number of hydrogen-bond donors (Lipinski definition) is 2. The Kier molecular flexibility index (Phi) is 5.49. The molecule has 0 aromatic carbocycles. The van der Waals surface area contributed by atoms with Crippen LogP contribution in [0.5, 0.6) is 0 Å². The lowest BCUT2D eigenvalue weighted by Crippen LogP contribution is -2.38. The summed E-state index contributed by atoms with van der Waals surface area (Å²) in [6.07, 6.45) is 0.127. The van der Waals surface area contributed by atoms with Crippen molar-refractivity contribution in [2.45, 2.75) is 45.8 Å². The van der Waals surface area contributed by atoms with E-state index in [1.54, 1.807) is 0 Å². The van der Waals surface area contributed by atoms with Crippen LogP contribution in [0.1, 0.15) is 34.1 Å². The third-order valence-corrected chi connectivity index (χ3v) is 1.52. The lowest BCUT2D eigenvalue weighted by molar-refractivity contribution is 0.0334. The molecule has 0 fully saturated rings. The van der Waals surface area contributed by atoms with Crippen LogP contribution < -0.4 is 11.2 Å². The second-order valence-corrected chi connectivity index (χ2v) is 4.05. The van der Waals surface area contributed by atoms with Gasteiger partial charge >= 0.3 is 6.09 Å². The number of carbonyl (C=O) groups is 1. The first kappa shape index (κ1) is 13.2. The van der Waals surface area contributed by atoms with Crippen molar-refractivity contribution in [3.63, 3.8) is 0 Å². The zero-order valence-electron chi connectivity index (χ0n) is 9.29. The van der Waals surface area contributed by atoms with Gasteiger partial charge in [-0.25, -0.2) is 10.7 Å². The largest absolute Gasteiger partial charge is 0.444 e. The molecule has 84 valence electrons. The molecule has 0 rings (SSSR count). The van der Waals surface area contributed by atoms with Crippen LogP contribution in [0.25, 0.3) is 0 Å². The average Bonchev–Trinajstić information content (AvgIpc) is 2.03. The summed E-state index contributed by atoms with van der Waals surface area (Å²) in [6.45, 7) is 7.71. The number of nitrogens with one attached hydrogen (secondary N) is 1. The van der Waals surface area contributed by atoms with E-state index >= 15 is 0 Å². The monoisotopic (exact) mass is 204 g/mol. The minimum absolute atomic E-state index is 0.164. The van der Waals surface area contributed by atoms with Crippen molar-refractivity contribution >= 4 is 6.09 Å². The first-order chi connectivity index (χ1) is 6.39. The lowest BCUT2D eigenvalue weighted by atomic mass is 10.2. The van der Waals surface area contributed by atoms with Crippen molar-refractivity contribution in [2.24, 2.45) is 5.90 Å². The van der Waals surface area contributed by atoms with Gasteiger partial charge < -0.3 is 10.1 Å². The molecule has 5 nitrogen and oxygen atoms in total. The summed E-state index contributed by atoms with van der Waals surface area (Å²) in [5.74, 6) is 5.00. The molecular formula is C9H20N2O3. The van der Waals surface area contributed by atoms with E-state index in [-0.39, 0.29) is 6.10 Å². The van der Waals surface area contributed by atoms with Crippen molar-refractivity contribution in [1.29, 1.82) is 0 Å². The first-order valence-corrected chi connectivity index (χ1v) is 4.71. The molecule has 0 bridgehead atoms. The van der Waals surface area contributed by atoms with E-state index in [0.717, 1.165) is 6.42 Å². The first-order valence-electron chi connectivity index (χ1n) is 4.71. The van der Waals surface area contributed by atoms with Gasteiger partial charge in [-0.1, -0.05) is 6.92 Å². The maximum Gasteiger partial charge on any atom is 0.407 e. The number of hydrogen-bond acceptors (Lipinski definition) is 4. The summed E-state index contributed by atoms with van der Waals surface area (Å²) in [5, 5.41) is 2.57. The lowest BCUT2D eigenvalue weighted by Gasteiger charge is -2.20. The van der Waals surface area contributed by atoms with Crippen LogP contribution in [0.4, 0.5) is 4.79 Å². The molecule has 1 unspecified atom stereocenters. The summed E-state index contributed by atoms with van der Waals surface area (Å²) in [7, 11) is 0. The summed E-state index contributed by atoms with van der Waals surface area (Å²) in [5.41, 5.74) is -0.477. The summed E-state index contributed by atoms with van der Waals surface area (Å²) >= 11 is 0. The molecule has 0 aliphatic rings. The van der Waals surface area contributed by atoms with Gasteiger partial charge in [0.2, 0.25) is 0 Å². The Morgan fingerprint density at radius 2 is 2.07 bits per heavy atom. The predicted molar refractivity (Wildman–Crippen MR) is 53.6 cm³/mol. The van der Waals surface area contributed by atoms with Crippen molar-refractivity contribution in [3.05, 3.63) is 0 Å². The number of nitrogens with two attached hydrogens (primary N) is 1. The van der Waals surface area contributed by atoms with Crippen molar-refractivity contribution in [3.8, 4) is 0 Å². The van der Waals surface area contributed by atoms with Gasteiger partial charge in [0.1, 0.15) is 5.60 Å². The van der Waals surface area contributed by atoms with Crippen LogP contribution in [-0.2, 0) is 9.57 Å². The fraction of sp³-hybridized carbons (Fsp3) is 0.889. The Labute approximate surface area is 84.9 Å². The van der Waals surface area contributed by atoms with Gasteiger partial charge in [0.25, 0.3) is 0 Å². The molecular weight excluding hydrogens is 184 g/mol. The normalized spacial score (nSPS) is 13.5. The van der Waals surface area contributed by atoms with Gasteiger partial charge in [0.15, 0.2) is 0 Å². The van der Waals surface area contributed by atoms with Crippen LogP contribution in [0.2, 0.25) is 0 Å². The van der Waals surface area contributed by atoms with E-state index in [4.69, 9.17) is 10.6 Å². The van der Waals surface area contributed by atoms with E-state index in [1.807, 2.05) is 27.7 Å². The Balaban J connectivity index is 3.74. The molecule has 0 aromatic rings. The van der Waals surface area contributed by atoms with Crippen LogP contribution in [-0.4, -0.2) is 24.3 Å². The number of alkyl carbamates (subject to hydrolysis) is 1. The van der Waals surface area contributed by atoms with Crippen LogP contribution in [0.3, 0.4) is 0 Å². The van der Waals surface area contributed by atoms with Crippen LogP contribution in [0, 0.1) is 0 Å². The molecule has 0 spiro atoms. The quantitative estimate of drug-likeness (QED) is 0.674. The Hall–Kier alpha value is -0.810. The number of amides is 1. The fourth-order valence-electron chi connectivity index (χ4n) is 0.800. The third-order valence-electron chi connectivity index (χ3n) is 1.52. The molecule has 5 heteroatoms. The zero-order valence-corrected chi connectivity index (χ0v) is 9.29. The van der Waals surface area contributed by atoms with E-state index in [9.17, 15) is 4.79 Å². The highest BCUT2D eigenvalue weighted by Crippen LogP contribution is 2.06. The molecule has 0 heterocycles. The predicted octanol–water partition coefficient (Wildman–Crippen LogP) is 1.18. The number of ether oxygens (including phenoxy) is 1. The van der Waals surface area contributed by atoms with E-state index in [0.29, 0.717) is 6.54 Å². The minimum atomic E-state index is -0.477. The molecule has 3 N–H and O–H groups in total. The average molecular weight is 204 g/mol. The molecule has 0 aliphatic heterocycles. The summed E-state index contributed by atoms with van der Waals surface area (Å²) in [4.78, 5) is 15.8. The second-order valence-electron chi connectivity index (χ2n) is 4.05. The maximum absolute atomic E-state index is 11.2. The Morgan fingerprint density at radius 1 is 1.50 bits per heavy atom. The van der Waals surface area contributed by atoms with Gasteiger partial charge in [-0.2, -0.15) is 0 Å². The minimum Gasteiger partial charge on any atom is -0.444 e.